The minimum Gasteiger partial charge on any atom is -0.465 e. The first-order valence-electron chi connectivity index (χ1n) is 6.96. The molecule has 1 heterocycles. The van der Waals surface area contributed by atoms with Crippen LogP contribution in [0.3, 0.4) is 0 Å². The Hall–Kier alpha value is -0.770. The Kier molecular flexibility index (Phi) is 4.66. The second-order valence-electron chi connectivity index (χ2n) is 5.40. The average molecular weight is 240 g/mol. The van der Waals surface area contributed by atoms with Crippen LogP contribution in [0.15, 0.2) is 0 Å². The highest BCUT2D eigenvalue weighted by atomic mass is 16.4. The van der Waals surface area contributed by atoms with Crippen LogP contribution in [0.1, 0.15) is 38.5 Å². The Morgan fingerprint density at radius 2 is 1.71 bits per heavy atom. The van der Waals surface area contributed by atoms with E-state index >= 15 is 0 Å². The summed E-state index contributed by atoms with van der Waals surface area (Å²) in [5.74, 6) is 0.932. The third kappa shape index (κ3) is 3.87. The van der Waals surface area contributed by atoms with Crippen LogP contribution in [0.25, 0.3) is 0 Å². The van der Waals surface area contributed by atoms with Crippen molar-refractivity contribution in [1.29, 1.82) is 0 Å². The summed E-state index contributed by atoms with van der Waals surface area (Å²) in [4.78, 5) is 14.7. The summed E-state index contributed by atoms with van der Waals surface area (Å²) in [5.41, 5.74) is 0. The van der Waals surface area contributed by atoms with Gasteiger partial charge in [-0.3, -0.25) is 4.90 Å². The molecule has 0 aromatic heterocycles. The van der Waals surface area contributed by atoms with Gasteiger partial charge < -0.3 is 10.0 Å². The second-order valence-corrected chi connectivity index (χ2v) is 5.40. The molecule has 4 heteroatoms. The van der Waals surface area contributed by atoms with Gasteiger partial charge in [0, 0.05) is 26.2 Å². The summed E-state index contributed by atoms with van der Waals surface area (Å²) < 4.78 is 0. The number of hydrogen-bond donors (Lipinski definition) is 1. The van der Waals surface area contributed by atoms with Gasteiger partial charge in [-0.05, 0) is 18.9 Å². The number of rotatable bonds is 3. The average Bonchev–Trinajstić information content (AvgIpc) is 2.38. The molecule has 0 aromatic carbocycles. The Bertz CT molecular complexity index is 244. The van der Waals surface area contributed by atoms with Crippen LogP contribution in [0, 0.1) is 5.92 Å². The molecule has 1 N–H and O–H groups in total. The fourth-order valence-corrected chi connectivity index (χ4v) is 3.00. The van der Waals surface area contributed by atoms with E-state index in [0.29, 0.717) is 13.1 Å². The van der Waals surface area contributed by atoms with E-state index < -0.39 is 6.09 Å². The van der Waals surface area contributed by atoms with E-state index in [1.54, 1.807) is 0 Å². The van der Waals surface area contributed by atoms with Gasteiger partial charge in [0.25, 0.3) is 0 Å². The largest absolute Gasteiger partial charge is 0.465 e. The molecule has 4 nitrogen and oxygen atoms in total. The lowest BCUT2D eigenvalue weighted by atomic mass is 9.87. The van der Waals surface area contributed by atoms with Gasteiger partial charge in [-0.15, -0.1) is 0 Å². The fourth-order valence-electron chi connectivity index (χ4n) is 3.00. The number of hydrogen-bond acceptors (Lipinski definition) is 2. The van der Waals surface area contributed by atoms with Crippen LogP contribution < -0.4 is 0 Å². The quantitative estimate of drug-likeness (QED) is 0.823. The summed E-state index contributed by atoms with van der Waals surface area (Å²) in [6.45, 7) is 4.36. The zero-order valence-electron chi connectivity index (χ0n) is 10.6. The number of amides is 1. The number of carboxylic acid groups (broad SMARTS) is 1. The molecule has 0 spiro atoms. The van der Waals surface area contributed by atoms with Crippen molar-refractivity contribution in [3.05, 3.63) is 0 Å². The van der Waals surface area contributed by atoms with Crippen molar-refractivity contribution in [2.75, 3.05) is 32.7 Å². The van der Waals surface area contributed by atoms with Crippen LogP contribution in [0.5, 0.6) is 0 Å². The molecule has 1 saturated heterocycles. The zero-order chi connectivity index (χ0) is 12.1. The van der Waals surface area contributed by atoms with E-state index in [9.17, 15) is 4.79 Å². The van der Waals surface area contributed by atoms with E-state index in [1.807, 2.05) is 0 Å². The molecule has 1 aliphatic carbocycles. The van der Waals surface area contributed by atoms with Gasteiger partial charge in [0.05, 0.1) is 0 Å². The zero-order valence-corrected chi connectivity index (χ0v) is 10.6. The van der Waals surface area contributed by atoms with Gasteiger partial charge >= 0.3 is 6.09 Å². The predicted octanol–water partition coefficient (Wildman–Crippen LogP) is 2.25. The van der Waals surface area contributed by atoms with Crippen LogP contribution in [0.4, 0.5) is 4.79 Å². The third-order valence-electron chi connectivity index (χ3n) is 4.22. The minimum atomic E-state index is -0.767. The van der Waals surface area contributed by atoms with Crippen molar-refractivity contribution in [3.63, 3.8) is 0 Å². The summed E-state index contributed by atoms with van der Waals surface area (Å²) in [7, 11) is 0. The van der Waals surface area contributed by atoms with Gasteiger partial charge in [0.2, 0.25) is 0 Å². The molecule has 0 atom stereocenters. The molecule has 17 heavy (non-hydrogen) atoms. The standard InChI is InChI=1S/C13H24N2O2/c16-13(17)15-10-8-14(9-11-15)7-6-12-4-2-1-3-5-12/h12H,1-11H2,(H,16,17). The van der Waals surface area contributed by atoms with Gasteiger partial charge in [0.1, 0.15) is 0 Å². The summed E-state index contributed by atoms with van der Waals surface area (Å²) >= 11 is 0. The lowest BCUT2D eigenvalue weighted by Gasteiger charge is -2.34. The highest BCUT2D eigenvalue weighted by molar-refractivity contribution is 5.65. The number of carbonyl (C=O) groups is 1. The molecule has 0 aromatic rings. The molecule has 0 unspecified atom stereocenters. The van der Waals surface area contributed by atoms with Gasteiger partial charge in [-0.25, -0.2) is 4.79 Å². The summed E-state index contributed by atoms with van der Waals surface area (Å²) in [6.07, 6.45) is 7.62. The second kappa shape index (κ2) is 6.24. The molecular weight excluding hydrogens is 216 g/mol. The van der Waals surface area contributed by atoms with E-state index in [1.165, 1.54) is 43.4 Å². The van der Waals surface area contributed by atoms with Crippen molar-refractivity contribution in [2.24, 2.45) is 5.92 Å². The molecule has 1 amide bonds. The van der Waals surface area contributed by atoms with Crippen molar-refractivity contribution < 1.29 is 9.90 Å². The molecule has 1 saturated carbocycles. The van der Waals surface area contributed by atoms with Gasteiger partial charge in [0.15, 0.2) is 0 Å². The number of piperazine rings is 1. The Balaban J connectivity index is 1.62. The Morgan fingerprint density at radius 1 is 1.06 bits per heavy atom. The van der Waals surface area contributed by atoms with Crippen LogP contribution in [-0.4, -0.2) is 53.7 Å². The molecule has 0 radical (unpaired) electrons. The van der Waals surface area contributed by atoms with E-state index in [-0.39, 0.29) is 0 Å². The maximum atomic E-state index is 10.8. The van der Waals surface area contributed by atoms with E-state index in [2.05, 4.69) is 4.90 Å². The van der Waals surface area contributed by atoms with E-state index in [4.69, 9.17) is 5.11 Å². The van der Waals surface area contributed by atoms with Crippen molar-refractivity contribution in [3.8, 4) is 0 Å². The lowest BCUT2D eigenvalue weighted by molar-refractivity contribution is 0.102. The number of nitrogens with zero attached hydrogens (tertiary/aromatic N) is 2. The minimum absolute atomic E-state index is 0.681. The van der Waals surface area contributed by atoms with Gasteiger partial charge in [-0.1, -0.05) is 32.1 Å². The van der Waals surface area contributed by atoms with Crippen LogP contribution in [-0.2, 0) is 0 Å². The summed E-state index contributed by atoms with van der Waals surface area (Å²) in [5, 5.41) is 8.87. The van der Waals surface area contributed by atoms with E-state index in [0.717, 1.165) is 25.6 Å². The third-order valence-corrected chi connectivity index (χ3v) is 4.22. The SMILES string of the molecule is O=C(O)N1CCN(CCC2CCCCC2)CC1. The van der Waals surface area contributed by atoms with Crippen LogP contribution in [0.2, 0.25) is 0 Å². The first-order chi connectivity index (χ1) is 8.25. The first-order valence-corrected chi connectivity index (χ1v) is 6.96. The first kappa shape index (κ1) is 12.7. The highest BCUT2D eigenvalue weighted by Crippen LogP contribution is 2.26. The van der Waals surface area contributed by atoms with Crippen molar-refractivity contribution in [1.82, 2.24) is 9.80 Å². The maximum Gasteiger partial charge on any atom is 0.407 e. The smallest absolute Gasteiger partial charge is 0.407 e. The molecule has 2 fully saturated rings. The highest BCUT2D eigenvalue weighted by Gasteiger charge is 2.21. The van der Waals surface area contributed by atoms with Crippen molar-refractivity contribution in [2.45, 2.75) is 38.5 Å². The Morgan fingerprint density at radius 3 is 2.29 bits per heavy atom. The molecular formula is C13H24N2O2. The normalized spacial score (nSPS) is 23.9. The Labute approximate surface area is 104 Å². The maximum absolute atomic E-state index is 10.8. The van der Waals surface area contributed by atoms with Crippen molar-refractivity contribution >= 4 is 6.09 Å². The molecule has 2 aliphatic rings. The lowest BCUT2D eigenvalue weighted by Crippen LogP contribution is -2.48. The predicted molar refractivity (Wildman–Crippen MR) is 67.2 cm³/mol. The molecule has 1 aliphatic heterocycles. The van der Waals surface area contributed by atoms with Gasteiger partial charge in [-0.2, -0.15) is 0 Å². The monoisotopic (exact) mass is 240 g/mol. The molecule has 98 valence electrons. The molecule has 2 rings (SSSR count). The molecule has 0 bridgehead atoms. The fraction of sp³-hybridized carbons (Fsp3) is 0.923. The topological polar surface area (TPSA) is 43.8 Å². The summed E-state index contributed by atoms with van der Waals surface area (Å²) in [6, 6.07) is 0. The van der Waals surface area contributed by atoms with Crippen LogP contribution >= 0.6 is 0 Å².